The first kappa shape index (κ1) is 21.2. The number of rotatable bonds is 7. The highest BCUT2D eigenvalue weighted by Gasteiger charge is 2.09. The maximum Gasteiger partial charge on any atom is 0.287 e. The summed E-state index contributed by atoms with van der Waals surface area (Å²) in [6, 6.07) is 15.8. The SMILES string of the molecule is Cc1ccc(OCC(=O)Nc2cccc(OCc3cc(=O)n4oc(C)cc4n3)c2)c(C)c1. The first-order valence-electron chi connectivity index (χ1n) is 10.1. The van der Waals surface area contributed by atoms with Crippen molar-refractivity contribution in [2.24, 2.45) is 0 Å². The fraction of sp³-hybridized carbons (Fsp3) is 0.208. The molecule has 0 unspecified atom stereocenters. The second-order valence-corrected chi connectivity index (χ2v) is 7.51. The zero-order chi connectivity index (χ0) is 22.7. The Bertz CT molecular complexity index is 1340. The Kier molecular flexibility index (Phi) is 5.93. The van der Waals surface area contributed by atoms with Crippen LogP contribution in [-0.2, 0) is 11.4 Å². The first-order valence-corrected chi connectivity index (χ1v) is 10.1. The lowest BCUT2D eigenvalue weighted by atomic mass is 10.1. The van der Waals surface area contributed by atoms with Crippen molar-refractivity contribution in [1.29, 1.82) is 0 Å². The van der Waals surface area contributed by atoms with Gasteiger partial charge in [-0.3, -0.25) is 9.59 Å². The van der Waals surface area contributed by atoms with E-state index in [1.165, 1.54) is 6.07 Å². The van der Waals surface area contributed by atoms with Gasteiger partial charge in [-0.25, -0.2) is 4.98 Å². The molecule has 0 spiro atoms. The number of anilines is 1. The number of fused-ring (bicyclic) bond motifs is 1. The maximum absolute atomic E-state index is 12.3. The van der Waals surface area contributed by atoms with E-state index in [2.05, 4.69) is 10.3 Å². The van der Waals surface area contributed by atoms with Gasteiger partial charge in [0.25, 0.3) is 11.5 Å². The minimum absolute atomic E-state index is 0.100. The predicted molar refractivity (Wildman–Crippen MR) is 119 cm³/mol. The Morgan fingerprint density at radius 2 is 1.91 bits per heavy atom. The first-order chi connectivity index (χ1) is 15.4. The smallest absolute Gasteiger partial charge is 0.287 e. The lowest BCUT2D eigenvalue weighted by Gasteiger charge is -2.11. The average Bonchev–Trinajstić information content (AvgIpc) is 3.13. The summed E-state index contributed by atoms with van der Waals surface area (Å²) in [6.45, 7) is 5.69. The molecule has 2 heterocycles. The minimum Gasteiger partial charge on any atom is -0.487 e. The molecule has 0 radical (unpaired) electrons. The molecule has 1 amide bonds. The number of ether oxygens (including phenoxy) is 2. The second-order valence-electron chi connectivity index (χ2n) is 7.51. The van der Waals surface area contributed by atoms with Gasteiger partial charge in [0.1, 0.15) is 23.9 Å². The van der Waals surface area contributed by atoms with Crippen LogP contribution in [0.1, 0.15) is 22.6 Å². The van der Waals surface area contributed by atoms with Crippen LogP contribution < -0.4 is 20.3 Å². The Hall–Kier alpha value is -4.07. The summed E-state index contributed by atoms with van der Waals surface area (Å²) in [5.41, 5.74) is 3.28. The van der Waals surface area contributed by atoms with Crippen molar-refractivity contribution in [3.63, 3.8) is 0 Å². The second kappa shape index (κ2) is 8.97. The van der Waals surface area contributed by atoms with Crippen molar-refractivity contribution in [2.75, 3.05) is 11.9 Å². The van der Waals surface area contributed by atoms with Gasteiger partial charge in [0.2, 0.25) is 0 Å². The molecule has 0 aliphatic carbocycles. The van der Waals surface area contributed by atoms with Gasteiger partial charge in [-0.15, -0.1) is 4.57 Å². The van der Waals surface area contributed by atoms with E-state index >= 15 is 0 Å². The topological polar surface area (TPSA) is 95.1 Å². The molecule has 0 bridgehead atoms. The van der Waals surface area contributed by atoms with Gasteiger partial charge in [0.15, 0.2) is 12.3 Å². The van der Waals surface area contributed by atoms with Crippen molar-refractivity contribution in [3.05, 3.63) is 87.5 Å². The van der Waals surface area contributed by atoms with Crippen molar-refractivity contribution >= 4 is 17.2 Å². The molecule has 2 aromatic heterocycles. The van der Waals surface area contributed by atoms with Crippen LogP contribution in [0, 0.1) is 20.8 Å². The van der Waals surface area contributed by atoms with Crippen LogP contribution in [-0.4, -0.2) is 22.1 Å². The summed E-state index contributed by atoms with van der Waals surface area (Å²) in [7, 11) is 0. The summed E-state index contributed by atoms with van der Waals surface area (Å²) < 4.78 is 17.8. The lowest BCUT2D eigenvalue weighted by molar-refractivity contribution is -0.118. The van der Waals surface area contributed by atoms with Gasteiger partial charge >= 0.3 is 0 Å². The third-order valence-corrected chi connectivity index (χ3v) is 4.72. The standard InChI is InChI=1S/C24H23N3O5/c1-15-7-8-21(16(2)9-15)31-14-23(28)26-18-5-4-6-20(11-18)30-13-19-12-24(29)27-22(25-19)10-17(3)32-27/h4-12H,13-14H2,1-3H3,(H,26,28). The van der Waals surface area contributed by atoms with Gasteiger partial charge in [-0.05, 0) is 44.5 Å². The average molecular weight is 433 g/mol. The molecular formula is C24H23N3O5. The number of carbonyl (C=O) groups excluding carboxylic acids is 1. The molecule has 0 saturated carbocycles. The van der Waals surface area contributed by atoms with Gasteiger partial charge in [-0.1, -0.05) is 23.8 Å². The Morgan fingerprint density at radius 3 is 2.72 bits per heavy atom. The van der Waals surface area contributed by atoms with Crippen molar-refractivity contribution in [3.8, 4) is 11.5 Å². The summed E-state index contributed by atoms with van der Waals surface area (Å²) in [5, 5.41) is 2.79. The highest BCUT2D eigenvalue weighted by atomic mass is 16.5. The zero-order valence-electron chi connectivity index (χ0n) is 18.0. The molecule has 2 aromatic carbocycles. The molecule has 1 N–H and O–H groups in total. The molecule has 0 atom stereocenters. The van der Waals surface area contributed by atoms with Crippen LogP contribution in [0.3, 0.4) is 0 Å². The van der Waals surface area contributed by atoms with E-state index in [9.17, 15) is 9.59 Å². The van der Waals surface area contributed by atoms with Crippen LogP contribution >= 0.6 is 0 Å². The third-order valence-electron chi connectivity index (χ3n) is 4.72. The van der Waals surface area contributed by atoms with Crippen LogP contribution in [0.5, 0.6) is 11.5 Å². The van der Waals surface area contributed by atoms with E-state index < -0.39 is 0 Å². The molecule has 32 heavy (non-hydrogen) atoms. The van der Waals surface area contributed by atoms with Crippen LogP contribution in [0.25, 0.3) is 5.65 Å². The summed E-state index contributed by atoms with van der Waals surface area (Å²) in [4.78, 5) is 28.8. The monoisotopic (exact) mass is 433 g/mol. The van der Waals surface area contributed by atoms with Crippen LogP contribution in [0.15, 0.2) is 63.9 Å². The predicted octanol–water partition coefficient (Wildman–Crippen LogP) is 3.81. The Balaban J connectivity index is 1.36. The number of aromatic nitrogens is 2. The van der Waals surface area contributed by atoms with Gasteiger partial charge in [0, 0.05) is 23.9 Å². The zero-order valence-corrected chi connectivity index (χ0v) is 18.0. The number of benzene rings is 2. The fourth-order valence-electron chi connectivity index (χ4n) is 3.27. The minimum atomic E-state index is -0.313. The van der Waals surface area contributed by atoms with E-state index in [-0.39, 0.29) is 24.7 Å². The molecule has 0 aliphatic rings. The third kappa shape index (κ3) is 4.97. The summed E-state index contributed by atoms with van der Waals surface area (Å²) >= 11 is 0. The summed E-state index contributed by atoms with van der Waals surface area (Å²) in [5.74, 6) is 1.52. The van der Waals surface area contributed by atoms with Crippen LogP contribution in [0.2, 0.25) is 0 Å². The Labute approximate surface area is 184 Å². The Morgan fingerprint density at radius 1 is 1.06 bits per heavy atom. The van der Waals surface area contributed by atoms with Crippen molar-refractivity contribution in [1.82, 2.24) is 9.56 Å². The largest absolute Gasteiger partial charge is 0.487 e. The number of nitrogens with zero attached hydrogens (tertiary/aromatic N) is 2. The van der Waals surface area contributed by atoms with Crippen LogP contribution in [0.4, 0.5) is 5.69 Å². The van der Waals surface area contributed by atoms with Crippen molar-refractivity contribution in [2.45, 2.75) is 27.4 Å². The molecule has 8 heteroatoms. The number of carbonyl (C=O) groups is 1. The van der Waals surface area contributed by atoms with Gasteiger partial charge < -0.3 is 19.3 Å². The maximum atomic E-state index is 12.3. The number of aryl methyl sites for hydroxylation is 3. The van der Waals surface area contributed by atoms with Gasteiger partial charge in [0.05, 0.1) is 5.69 Å². The van der Waals surface area contributed by atoms with E-state index in [0.717, 1.165) is 15.7 Å². The number of amides is 1. The number of hydrogen-bond donors (Lipinski definition) is 1. The molecule has 8 nitrogen and oxygen atoms in total. The molecule has 4 rings (SSSR count). The molecule has 0 fully saturated rings. The normalized spacial score (nSPS) is 10.8. The van der Waals surface area contributed by atoms with Crippen molar-refractivity contribution < 1.29 is 18.8 Å². The highest BCUT2D eigenvalue weighted by molar-refractivity contribution is 5.92. The van der Waals surface area contributed by atoms with E-state index in [4.69, 9.17) is 14.0 Å². The van der Waals surface area contributed by atoms with Gasteiger partial charge in [-0.2, -0.15) is 0 Å². The number of hydrogen-bond acceptors (Lipinski definition) is 6. The molecule has 164 valence electrons. The fourth-order valence-corrected chi connectivity index (χ4v) is 3.27. The highest BCUT2D eigenvalue weighted by Crippen LogP contribution is 2.20. The van der Waals surface area contributed by atoms with E-state index in [1.54, 1.807) is 37.3 Å². The molecule has 4 aromatic rings. The van der Waals surface area contributed by atoms with E-state index in [1.807, 2.05) is 32.0 Å². The number of nitrogens with one attached hydrogen (secondary N) is 1. The van der Waals surface area contributed by atoms with E-state index in [0.29, 0.717) is 34.3 Å². The molecule has 0 aliphatic heterocycles. The molecular weight excluding hydrogens is 410 g/mol. The quantitative estimate of drug-likeness (QED) is 0.476. The molecule has 0 saturated heterocycles. The summed E-state index contributed by atoms with van der Waals surface area (Å²) in [6.07, 6.45) is 0. The lowest BCUT2D eigenvalue weighted by Crippen LogP contribution is -2.20.